The van der Waals surface area contributed by atoms with Crippen LogP contribution >= 0.6 is 0 Å². The third-order valence-corrected chi connectivity index (χ3v) is 3.44. The van der Waals surface area contributed by atoms with Gasteiger partial charge in [0.05, 0.1) is 12.1 Å². The molecule has 1 aromatic rings. The minimum Gasteiger partial charge on any atom is -0.481 e. The largest absolute Gasteiger partial charge is 0.481 e. The van der Waals surface area contributed by atoms with Crippen LogP contribution in [0, 0.1) is 6.92 Å². The second-order valence-corrected chi connectivity index (χ2v) is 5.03. The van der Waals surface area contributed by atoms with Gasteiger partial charge in [-0.3, -0.25) is 14.7 Å². The molecule has 0 aliphatic carbocycles. The monoisotopic (exact) mass is 263 g/mol. The van der Waals surface area contributed by atoms with Crippen molar-refractivity contribution in [3.63, 3.8) is 0 Å². The summed E-state index contributed by atoms with van der Waals surface area (Å²) in [4.78, 5) is 19.6. The van der Waals surface area contributed by atoms with Crippen LogP contribution < -0.4 is 0 Å². The van der Waals surface area contributed by atoms with Gasteiger partial charge in [0.25, 0.3) is 0 Å². The van der Waals surface area contributed by atoms with E-state index in [0.717, 1.165) is 44.1 Å². The summed E-state index contributed by atoms with van der Waals surface area (Å²) in [5, 5.41) is 8.67. The summed E-state index contributed by atoms with van der Waals surface area (Å²) in [6.07, 6.45) is 0.236. The van der Waals surface area contributed by atoms with Crippen LogP contribution in [0.2, 0.25) is 0 Å². The Morgan fingerprint density at radius 3 is 2.58 bits per heavy atom. The van der Waals surface area contributed by atoms with Gasteiger partial charge in [-0.2, -0.15) is 0 Å². The molecule has 19 heavy (non-hydrogen) atoms. The normalized spacial score (nSPS) is 17.5. The molecule has 5 heteroatoms. The van der Waals surface area contributed by atoms with Crippen LogP contribution in [-0.4, -0.2) is 58.6 Å². The second kappa shape index (κ2) is 6.63. The van der Waals surface area contributed by atoms with Crippen LogP contribution in [-0.2, 0) is 11.3 Å². The predicted octanol–water partition coefficient (Wildman–Crippen LogP) is 0.982. The molecule has 1 N–H and O–H groups in total. The molecule has 2 rings (SSSR count). The van der Waals surface area contributed by atoms with Crippen LogP contribution in [0.5, 0.6) is 0 Å². The van der Waals surface area contributed by atoms with Crippen molar-refractivity contribution in [1.29, 1.82) is 0 Å². The lowest BCUT2D eigenvalue weighted by Crippen LogP contribution is -2.46. The lowest BCUT2D eigenvalue weighted by atomic mass is 10.2. The summed E-state index contributed by atoms with van der Waals surface area (Å²) in [5.74, 6) is -0.716. The van der Waals surface area contributed by atoms with Crippen LogP contribution in [0.1, 0.15) is 17.8 Å². The minimum atomic E-state index is -0.716. The minimum absolute atomic E-state index is 0.236. The van der Waals surface area contributed by atoms with E-state index < -0.39 is 5.97 Å². The van der Waals surface area contributed by atoms with E-state index in [1.54, 1.807) is 0 Å². The van der Waals surface area contributed by atoms with Crippen molar-refractivity contribution in [2.24, 2.45) is 0 Å². The summed E-state index contributed by atoms with van der Waals surface area (Å²) in [7, 11) is 0. The standard InChI is InChI=1S/C14H21N3O2/c1-12-3-2-4-13(15-12)11-17-9-7-16(8-10-17)6-5-14(18)19/h2-4H,5-11H2,1H3,(H,18,19). The second-order valence-electron chi connectivity index (χ2n) is 5.03. The molecule has 1 aliphatic heterocycles. The zero-order chi connectivity index (χ0) is 13.7. The Morgan fingerprint density at radius 1 is 1.26 bits per heavy atom. The van der Waals surface area contributed by atoms with Gasteiger partial charge in [-0.25, -0.2) is 0 Å². The highest BCUT2D eigenvalue weighted by molar-refractivity contribution is 5.66. The molecule has 1 fully saturated rings. The molecule has 1 saturated heterocycles. The van der Waals surface area contributed by atoms with Gasteiger partial charge >= 0.3 is 5.97 Å². The number of carboxylic acids is 1. The number of hydrogen-bond donors (Lipinski definition) is 1. The van der Waals surface area contributed by atoms with Crippen molar-refractivity contribution >= 4 is 5.97 Å². The van der Waals surface area contributed by atoms with Gasteiger partial charge in [-0.15, -0.1) is 0 Å². The van der Waals surface area contributed by atoms with Gasteiger partial charge < -0.3 is 10.0 Å². The molecule has 0 spiro atoms. The molecule has 0 unspecified atom stereocenters. The quantitative estimate of drug-likeness (QED) is 0.858. The first-order valence-electron chi connectivity index (χ1n) is 6.72. The first-order valence-corrected chi connectivity index (χ1v) is 6.72. The Labute approximate surface area is 113 Å². The van der Waals surface area contributed by atoms with Crippen LogP contribution in [0.15, 0.2) is 18.2 Å². The number of nitrogens with zero attached hydrogens (tertiary/aromatic N) is 3. The van der Waals surface area contributed by atoms with E-state index in [1.807, 2.05) is 19.1 Å². The molecule has 0 amide bonds. The topological polar surface area (TPSA) is 56.7 Å². The highest BCUT2D eigenvalue weighted by Crippen LogP contribution is 2.07. The van der Waals surface area contributed by atoms with E-state index in [0.29, 0.717) is 6.54 Å². The van der Waals surface area contributed by atoms with E-state index in [4.69, 9.17) is 5.11 Å². The number of hydrogen-bond acceptors (Lipinski definition) is 4. The molecule has 1 aliphatic rings. The fraction of sp³-hybridized carbons (Fsp3) is 0.571. The number of carbonyl (C=O) groups is 1. The van der Waals surface area contributed by atoms with Crippen molar-refractivity contribution in [3.8, 4) is 0 Å². The SMILES string of the molecule is Cc1cccc(CN2CCN(CCC(=O)O)CC2)n1. The number of aromatic nitrogens is 1. The summed E-state index contributed by atoms with van der Waals surface area (Å²) < 4.78 is 0. The Morgan fingerprint density at radius 2 is 1.95 bits per heavy atom. The van der Waals surface area contributed by atoms with Gasteiger partial charge in [0, 0.05) is 45.0 Å². The lowest BCUT2D eigenvalue weighted by Gasteiger charge is -2.34. The molecule has 2 heterocycles. The van der Waals surface area contributed by atoms with Gasteiger partial charge in [0.15, 0.2) is 0 Å². The number of aryl methyl sites for hydroxylation is 1. The molecule has 5 nitrogen and oxygen atoms in total. The third-order valence-electron chi connectivity index (χ3n) is 3.44. The Balaban J connectivity index is 1.75. The molecular formula is C14H21N3O2. The van der Waals surface area contributed by atoms with Crippen molar-refractivity contribution in [2.75, 3.05) is 32.7 Å². The van der Waals surface area contributed by atoms with Gasteiger partial charge in [0.2, 0.25) is 0 Å². The first-order chi connectivity index (χ1) is 9.13. The molecule has 0 atom stereocenters. The van der Waals surface area contributed by atoms with E-state index >= 15 is 0 Å². The van der Waals surface area contributed by atoms with Gasteiger partial charge in [-0.1, -0.05) is 6.07 Å². The van der Waals surface area contributed by atoms with Crippen LogP contribution in [0.3, 0.4) is 0 Å². The maximum absolute atomic E-state index is 10.5. The molecule has 0 radical (unpaired) electrons. The summed E-state index contributed by atoms with van der Waals surface area (Å²) >= 11 is 0. The van der Waals surface area contributed by atoms with E-state index in [-0.39, 0.29) is 6.42 Å². The molecule has 1 aromatic heterocycles. The van der Waals surface area contributed by atoms with Crippen molar-refractivity contribution in [1.82, 2.24) is 14.8 Å². The number of carboxylic acid groups (broad SMARTS) is 1. The zero-order valence-electron chi connectivity index (χ0n) is 11.4. The Kier molecular flexibility index (Phi) is 4.87. The van der Waals surface area contributed by atoms with Crippen molar-refractivity contribution in [2.45, 2.75) is 19.9 Å². The van der Waals surface area contributed by atoms with Gasteiger partial charge in [-0.05, 0) is 19.1 Å². The average molecular weight is 263 g/mol. The van der Waals surface area contributed by atoms with Crippen LogP contribution in [0.25, 0.3) is 0 Å². The number of aliphatic carboxylic acids is 1. The maximum atomic E-state index is 10.5. The molecule has 104 valence electrons. The smallest absolute Gasteiger partial charge is 0.304 e. The Bertz CT molecular complexity index is 428. The molecule has 0 aromatic carbocycles. The highest BCUT2D eigenvalue weighted by Gasteiger charge is 2.17. The zero-order valence-corrected chi connectivity index (χ0v) is 11.4. The van der Waals surface area contributed by atoms with E-state index in [1.165, 1.54) is 0 Å². The summed E-state index contributed by atoms with van der Waals surface area (Å²) in [5.41, 5.74) is 2.16. The number of piperazine rings is 1. The average Bonchev–Trinajstić information content (AvgIpc) is 2.38. The van der Waals surface area contributed by atoms with Crippen molar-refractivity contribution < 1.29 is 9.90 Å². The summed E-state index contributed by atoms with van der Waals surface area (Å²) in [6, 6.07) is 6.11. The highest BCUT2D eigenvalue weighted by atomic mass is 16.4. The van der Waals surface area contributed by atoms with Gasteiger partial charge in [0.1, 0.15) is 0 Å². The maximum Gasteiger partial charge on any atom is 0.304 e. The fourth-order valence-electron chi connectivity index (χ4n) is 2.34. The number of rotatable bonds is 5. The van der Waals surface area contributed by atoms with Crippen LogP contribution in [0.4, 0.5) is 0 Å². The molecule has 0 bridgehead atoms. The third kappa shape index (κ3) is 4.61. The fourth-order valence-corrected chi connectivity index (χ4v) is 2.34. The first kappa shape index (κ1) is 14.0. The lowest BCUT2D eigenvalue weighted by molar-refractivity contribution is -0.137. The number of pyridine rings is 1. The Hall–Kier alpha value is -1.46. The van der Waals surface area contributed by atoms with E-state index in [9.17, 15) is 4.79 Å². The molecule has 0 saturated carbocycles. The molecular weight excluding hydrogens is 242 g/mol. The van der Waals surface area contributed by atoms with E-state index in [2.05, 4.69) is 20.9 Å². The predicted molar refractivity (Wildman–Crippen MR) is 72.9 cm³/mol. The summed E-state index contributed by atoms with van der Waals surface area (Å²) in [6.45, 7) is 7.40. The van der Waals surface area contributed by atoms with Crippen molar-refractivity contribution in [3.05, 3.63) is 29.6 Å².